The van der Waals surface area contributed by atoms with Gasteiger partial charge in [0.2, 0.25) is 18.6 Å². The van der Waals surface area contributed by atoms with Crippen molar-refractivity contribution in [3.8, 4) is 22.9 Å². The number of hydrogen-bond acceptors (Lipinski definition) is 9. The van der Waals surface area contributed by atoms with E-state index < -0.39 is 0 Å². The maximum Gasteiger partial charge on any atom is 0.257 e. The highest BCUT2D eigenvalue weighted by atomic mass is 16.7. The van der Waals surface area contributed by atoms with Gasteiger partial charge < -0.3 is 18.9 Å². The highest BCUT2D eigenvalue weighted by Crippen LogP contribution is 2.36. The molecule has 5 rings (SSSR count). The van der Waals surface area contributed by atoms with Crippen molar-refractivity contribution < 1.29 is 14.0 Å². The van der Waals surface area contributed by atoms with Crippen molar-refractivity contribution in [2.24, 2.45) is 0 Å². The average Bonchev–Trinajstić information content (AvgIpc) is 3.36. The minimum Gasteiger partial charge on any atom is -0.454 e. The summed E-state index contributed by atoms with van der Waals surface area (Å²) in [6.45, 7) is 2.67. The van der Waals surface area contributed by atoms with E-state index in [1.54, 1.807) is 4.68 Å². The third kappa shape index (κ3) is 2.07. The molecule has 0 unspecified atom stereocenters. The molecule has 0 fully saturated rings. The first-order valence-electron chi connectivity index (χ1n) is 7.64. The first kappa shape index (κ1) is 14.0. The van der Waals surface area contributed by atoms with Crippen LogP contribution in [0, 0.1) is 0 Å². The van der Waals surface area contributed by atoms with Crippen molar-refractivity contribution in [3.05, 3.63) is 29.8 Å². The van der Waals surface area contributed by atoms with E-state index in [1.807, 2.05) is 37.1 Å². The van der Waals surface area contributed by atoms with Crippen LogP contribution >= 0.6 is 0 Å². The van der Waals surface area contributed by atoms with Crippen LogP contribution in [-0.2, 0) is 6.54 Å². The van der Waals surface area contributed by atoms with Crippen LogP contribution in [0.1, 0.15) is 12.8 Å². The number of allylic oxidation sites excluding steroid dienone is 2. The molecule has 0 radical (unpaired) electrons. The Morgan fingerprint density at radius 1 is 1.16 bits per heavy atom. The molecule has 25 heavy (non-hydrogen) atoms. The van der Waals surface area contributed by atoms with Crippen LogP contribution in [0.5, 0.6) is 11.5 Å². The lowest BCUT2D eigenvalue weighted by Gasteiger charge is -2.25. The summed E-state index contributed by atoms with van der Waals surface area (Å²) in [4.78, 5) is 6.42. The molecule has 0 spiro atoms. The summed E-state index contributed by atoms with van der Waals surface area (Å²) in [5, 5.41) is 15.8. The van der Waals surface area contributed by atoms with Gasteiger partial charge >= 0.3 is 0 Å². The van der Waals surface area contributed by atoms with Gasteiger partial charge in [-0.05, 0) is 35.5 Å². The summed E-state index contributed by atoms with van der Waals surface area (Å²) in [7, 11) is 1.89. The van der Waals surface area contributed by atoms with E-state index in [0.29, 0.717) is 35.7 Å². The molecule has 3 aromatic rings. The minimum atomic E-state index is 0.225. The maximum atomic E-state index is 5.49. The Hall–Kier alpha value is -3.43. The topological polar surface area (TPSA) is 104 Å². The van der Waals surface area contributed by atoms with Crippen molar-refractivity contribution in [2.75, 3.05) is 18.7 Å². The molecule has 0 N–H and O–H groups in total. The van der Waals surface area contributed by atoms with E-state index in [-0.39, 0.29) is 6.79 Å². The Kier molecular flexibility index (Phi) is 2.81. The average molecular weight is 339 g/mol. The van der Waals surface area contributed by atoms with Crippen molar-refractivity contribution in [2.45, 2.75) is 13.5 Å². The van der Waals surface area contributed by atoms with Gasteiger partial charge in [-0.2, -0.15) is 4.98 Å². The lowest BCUT2D eigenvalue weighted by atomic mass is 10.1. The zero-order valence-electron chi connectivity index (χ0n) is 13.5. The molecule has 10 heteroatoms. The van der Waals surface area contributed by atoms with E-state index in [2.05, 4.69) is 25.7 Å². The Morgan fingerprint density at radius 3 is 2.96 bits per heavy atom. The van der Waals surface area contributed by atoms with E-state index in [1.165, 1.54) is 0 Å². The zero-order chi connectivity index (χ0) is 17.0. The maximum absolute atomic E-state index is 5.49. The van der Waals surface area contributed by atoms with Crippen molar-refractivity contribution >= 4 is 11.5 Å². The second-order valence-electron chi connectivity index (χ2n) is 5.75. The van der Waals surface area contributed by atoms with Crippen molar-refractivity contribution in [3.63, 3.8) is 0 Å². The predicted molar refractivity (Wildman–Crippen MR) is 84.7 cm³/mol. The van der Waals surface area contributed by atoms with Gasteiger partial charge in [0.15, 0.2) is 11.5 Å². The standard InChI is InChI=1S/C15H13N7O3/c1-8-10(6-22-15(21(8)2)17-19-20-22)14-16-13(18-25-14)9-3-4-11-12(5-9)24-7-23-11/h3-5H,6-7H2,1-2H3. The third-order valence-electron chi connectivity index (χ3n) is 4.38. The summed E-state index contributed by atoms with van der Waals surface area (Å²) >= 11 is 0. The fraction of sp³-hybridized carbons (Fsp3) is 0.267. The SMILES string of the molecule is CC1=C(c2nc(-c3ccc4c(c3)OCO4)no2)Cn2nnnc2N1C. The number of benzene rings is 1. The molecule has 2 aliphatic heterocycles. The molecule has 0 amide bonds. The van der Waals surface area contributed by atoms with Gasteiger partial charge in [0.05, 0.1) is 12.1 Å². The lowest BCUT2D eigenvalue weighted by Crippen LogP contribution is -2.26. The number of ether oxygens (including phenoxy) is 2. The summed E-state index contributed by atoms with van der Waals surface area (Å²) in [6, 6.07) is 5.54. The number of anilines is 1. The molecular weight excluding hydrogens is 326 g/mol. The number of tetrazole rings is 1. The zero-order valence-corrected chi connectivity index (χ0v) is 13.5. The number of nitrogens with zero attached hydrogens (tertiary/aromatic N) is 7. The molecule has 126 valence electrons. The van der Waals surface area contributed by atoms with Gasteiger partial charge in [0.1, 0.15) is 0 Å². The Bertz CT molecular complexity index is 1010. The van der Waals surface area contributed by atoms with Crippen LogP contribution in [-0.4, -0.2) is 44.2 Å². The van der Waals surface area contributed by atoms with Crippen LogP contribution in [0.25, 0.3) is 17.0 Å². The van der Waals surface area contributed by atoms with Crippen LogP contribution in [0.3, 0.4) is 0 Å². The van der Waals surface area contributed by atoms with Gasteiger partial charge in [-0.15, -0.1) is 0 Å². The monoisotopic (exact) mass is 339 g/mol. The van der Waals surface area contributed by atoms with Gasteiger partial charge in [-0.1, -0.05) is 10.3 Å². The van der Waals surface area contributed by atoms with E-state index in [9.17, 15) is 0 Å². The largest absolute Gasteiger partial charge is 0.454 e. The summed E-state index contributed by atoms with van der Waals surface area (Å²) in [5.74, 6) is 3.00. The summed E-state index contributed by atoms with van der Waals surface area (Å²) < 4.78 is 17.9. The van der Waals surface area contributed by atoms with Crippen LogP contribution in [0.15, 0.2) is 28.4 Å². The number of rotatable bonds is 2. The van der Waals surface area contributed by atoms with Gasteiger partial charge in [0, 0.05) is 18.3 Å². The number of fused-ring (bicyclic) bond motifs is 2. The van der Waals surface area contributed by atoms with E-state index in [0.717, 1.165) is 16.8 Å². The van der Waals surface area contributed by atoms with Gasteiger partial charge in [-0.3, -0.25) is 0 Å². The molecule has 0 saturated heterocycles. The fourth-order valence-corrected chi connectivity index (χ4v) is 2.88. The molecule has 2 aliphatic rings. The highest BCUT2D eigenvalue weighted by Gasteiger charge is 2.27. The second kappa shape index (κ2) is 5.03. The first-order valence-corrected chi connectivity index (χ1v) is 7.64. The van der Waals surface area contributed by atoms with Gasteiger partial charge in [0.25, 0.3) is 5.89 Å². The van der Waals surface area contributed by atoms with Crippen LogP contribution < -0.4 is 14.4 Å². The third-order valence-corrected chi connectivity index (χ3v) is 4.38. The summed E-state index contributed by atoms with van der Waals surface area (Å²) in [6.07, 6.45) is 0. The quantitative estimate of drug-likeness (QED) is 0.683. The Labute approximate surface area is 141 Å². The molecule has 0 saturated carbocycles. The normalized spacial score (nSPS) is 15.7. The van der Waals surface area contributed by atoms with Crippen molar-refractivity contribution in [1.82, 2.24) is 30.3 Å². The molecule has 10 nitrogen and oxygen atoms in total. The first-order chi connectivity index (χ1) is 12.2. The minimum absolute atomic E-state index is 0.225. The second-order valence-corrected chi connectivity index (χ2v) is 5.75. The van der Waals surface area contributed by atoms with E-state index >= 15 is 0 Å². The van der Waals surface area contributed by atoms with Crippen molar-refractivity contribution in [1.29, 1.82) is 0 Å². The Morgan fingerprint density at radius 2 is 2.04 bits per heavy atom. The lowest BCUT2D eigenvalue weighted by molar-refractivity contribution is 0.174. The molecule has 0 atom stereocenters. The molecular formula is C15H13N7O3. The molecule has 4 heterocycles. The van der Waals surface area contributed by atoms with E-state index in [4.69, 9.17) is 14.0 Å². The predicted octanol–water partition coefficient (Wildman–Crippen LogP) is 1.33. The van der Waals surface area contributed by atoms with Gasteiger partial charge in [-0.25, -0.2) is 4.68 Å². The number of hydrogen-bond donors (Lipinski definition) is 0. The van der Waals surface area contributed by atoms with Crippen LogP contribution in [0.2, 0.25) is 0 Å². The molecule has 0 aliphatic carbocycles. The van der Waals surface area contributed by atoms with Crippen LogP contribution in [0.4, 0.5) is 5.95 Å². The highest BCUT2D eigenvalue weighted by molar-refractivity contribution is 5.70. The Balaban J connectivity index is 1.52. The summed E-state index contributed by atoms with van der Waals surface area (Å²) in [5.41, 5.74) is 2.63. The smallest absolute Gasteiger partial charge is 0.257 e. The molecule has 2 aromatic heterocycles. The number of aromatic nitrogens is 6. The molecule has 0 bridgehead atoms. The molecule has 1 aromatic carbocycles. The fourth-order valence-electron chi connectivity index (χ4n) is 2.88.